The monoisotopic (exact) mass is 304 g/mol. The zero-order chi connectivity index (χ0) is 16.1. The number of carboxylic acid groups (broad SMARTS) is 1. The smallest absolute Gasteiger partial charge is 0.325 e. The number of hydrogen-bond donors (Lipinski definition) is 2. The van der Waals surface area contributed by atoms with Crippen LogP contribution in [0.3, 0.4) is 0 Å². The largest absolute Gasteiger partial charge is 0.480 e. The topological polar surface area (TPSA) is 69.6 Å². The molecule has 1 saturated heterocycles. The van der Waals surface area contributed by atoms with Gasteiger partial charge in [-0.2, -0.15) is 0 Å². The number of benzene rings is 1. The number of aliphatic carboxylic acids is 1. The Morgan fingerprint density at radius 2 is 2.09 bits per heavy atom. The number of rotatable bonds is 5. The average Bonchev–Trinajstić information content (AvgIpc) is 2.50. The Morgan fingerprint density at radius 1 is 1.36 bits per heavy atom. The van der Waals surface area contributed by atoms with E-state index >= 15 is 0 Å². The van der Waals surface area contributed by atoms with Gasteiger partial charge in [-0.3, -0.25) is 14.5 Å². The summed E-state index contributed by atoms with van der Waals surface area (Å²) >= 11 is 0. The molecule has 0 radical (unpaired) electrons. The molecule has 22 heavy (non-hydrogen) atoms. The van der Waals surface area contributed by atoms with Crippen molar-refractivity contribution in [3.05, 3.63) is 35.4 Å². The first kappa shape index (κ1) is 16.5. The molecule has 120 valence electrons. The van der Waals surface area contributed by atoms with Crippen molar-refractivity contribution in [2.75, 3.05) is 6.54 Å². The van der Waals surface area contributed by atoms with E-state index in [-0.39, 0.29) is 5.91 Å². The van der Waals surface area contributed by atoms with Gasteiger partial charge < -0.3 is 10.4 Å². The first-order chi connectivity index (χ1) is 10.5. The van der Waals surface area contributed by atoms with E-state index in [0.717, 1.165) is 18.7 Å². The van der Waals surface area contributed by atoms with Crippen molar-refractivity contribution in [3.8, 4) is 0 Å². The molecule has 0 aliphatic carbocycles. The van der Waals surface area contributed by atoms with Crippen LogP contribution < -0.4 is 5.32 Å². The van der Waals surface area contributed by atoms with Gasteiger partial charge in [-0.1, -0.05) is 24.6 Å². The van der Waals surface area contributed by atoms with Crippen molar-refractivity contribution in [1.82, 2.24) is 10.2 Å². The van der Waals surface area contributed by atoms with Crippen molar-refractivity contribution in [3.63, 3.8) is 0 Å². The second-order valence-corrected chi connectivity index (χ2v) is 6.01. The molecule has 0 bridgehead atoms. The molecule has 2 rings (SSSR count). The van der Waals surface area contributed by atoms with E-state index < -0.39 is 12.0 Å². The number of amides is 1. The summed E-state index contributed by atoms with van der Waals surface area (Å²) in [6.07, 6.45) is 3.63. The van der Waals surface area contributed by atoms with E-state index in [0.29, 0.717) is 11.6 Å². The zero-order valence-corrected chi connectivity index (χ0v) is 13.2. The first-order valence-corrected chi connectivity index (χ1v) is 7.84. The normalized spacial score (nSPS) is 20.4. The van der Waals surface area contributed by atoms with Crippen molar-refractivity contribution in [2.45, 2.75) is 51.7 Å². The highest BCUT2D eigenvalue weighted by atomic mass is 16.4. The molecule has 0 aromatic heterocycles. The van der Waals surface area contributed by atoms with E-state index in [1.54, 1.807) is 6.07 Å². The van der Waals surface area contributed by atoms with Crippen LogP contribution in [0.15, 0.2) is 24.3 Å². The van der Waals surface area contributed by atoms with Crippen molar-refractivity contribution >= 4 is 11.9 Å². The molecule has 5 nitrogen and oxygen atoms in total. The van der Waals surface area contributed by atoms with Crippen LogP contribution >= 0.6 is 0 Å². The molecule has 1 aromatic carbocycles. The quantitative estimate of drug-likeness (QED) is 0.875. The second-order valence-electron chi connectivity index (χ2n) is 6.01. The van der Waals surface area contributed by atoms with Crippen LogP contribution in [0, 0.1) is 0 Å². The SMILES string of the molecule is CC(NC(=O)c1ccccc1CN1CCCCC1C)C(=O)O. The van der Waals surface area contributed by atoms with Crippen LogP contribution in [-0.2, 0) is 11.3 Å². The number of hydrogen-bond acceptors (Lipinski definition) is 3. The summed E-state index contributed by atoms with van der Waals surface area (Å²) in [5, 5.41) is 11.4. The highest BCUT2D eigenvalue weighted by Gasteiger charge is 2.22. The van der Waals surface area contributed by atoms with Crippen molar-refractivity contribution in [2.24, 2.45) is 0 Å². The Labute approximate surface area is 131 Å². The Kier molecular flexibility index (Phi) is 5.55. The minimum absolute atomic E-state index is 0.324. The van der Waals surface area contributed by atoms with Crippen LogP contribution in [-0.4, -0.2) is 40.5 Å². The molecule has 0 saturated carbocycles. The summed E-state index contributed by atoms with van der Waals surface area (Å²) in [5.41, 5.74) is 1.51. The van der Waals surface area contributed by atoms with Gasteiger partial charge in [0.1, 0.15) is 6.04 Å². The molecule has 1 aliphatic rings. The second kappa shape index (κ2) is 7.40. The number of nitrogens with zero attached hydrogens (tertiary/aromatic N) is 1. The predicted octanol–water partition coefficient (Wildman–Crippen LogP) is 2.26. The lowest BCUT2D eigenvalue weighted by atomic mass is 10.0. The third-order valence-corrected chi connectivity index (χ3v) is 4.29. The Hall–Kier alpha value is -1.88. The van der Waals surface area contributed by atoms with E-state index in [2.05, 4.69) is 17.1 Å². The number of likely N-dealkylation sites (tertiary alicyclic amines) is 1. The van der Waals surface area contributed by atoms with Crippen LogP contribution in [0.2, 0.25) is 0 Å². The number of nitrogens with one attached hydrogen (secondary N) is 1. The van der Waals surface area contributed by atoms with Gasteiger partial charge in [-0.05, 0) is 44.9 Å². The molecule has 1 fully saturated rings. The summed E-state index contributed by atoms with van der Waals surface area (Å²) in [6.45, 7) is 5.46. The summed E-state index contributed by atoms with van der Waals surface area (Å²) in [7, 11) is 0. The number of piperidine rings is 1. The molecular weight excluding hydrogens is 280 g/mol. The van der Waals surface area contributed by atoms with Crippen molar-refractivity contribution < 1.29 is 14.7 Å². The van der Waals surface area contributed by atoms with E-state index in [9.17, 15) is 9.59 Å². The van der Waals surface area contributed by atoms with Crippen LogP contribution in [0.1, 0.15) is 49.0 Å². The van der Waals surface area contributed by atoms with Crippen LogP contribution in [0.4, 0.5) is 0 Å². The lowest BCUT2D eigenvalue weighted by Gasteiger charge is -2.33. The average molecular weight is 304 g/mol. The molecule has 1 aliphatic heterocycles. The first-order valence-electron chi connectivity index (χ1n) is 7.84. The van der Waals surface area contributed by atoms with Gasteiger partial charge in [-0.15, -0.1) is 0 Å². The standard InChI is InChI=1S/C17H24N2O3/c1-12-7-5-6-10-19(12)11-14-8-3-4-9-15(14)16(20)18-13(2)17(21)22/h3-4,8-9,12-13H,5-7,10-11H2,1-2H3,(H,18,20)(H,21,22). The summed E-state index contributed by atoms with van der Waals surface area (Å²) < 4.78 is 0. The van der Waals surface area contributed by atoms with Gasteiger partial charge in [0, 0.05) is 18.2 Å². The zero-order valence-electron chi connectivity index (χ0n) is 13.2. The Morgan fingerprint density at radius 3 is 2.77 bits per heavy atom. The number of carbonyl (C=O) groups is 2. The number of carboxylic acids is 1. The highest BCUT2D eigenvalue weighted by molar-refractivity contribution is 5.97. The molecule has 2 N–H and O–H groups in total. The van der Waals surface area contributed by atoms with Gasteiger partial charge in [-0.25, -0.2) is 0 Å². The van der Waals surface area contributed by atoms with E-state index in [1.165, 1.54) is 26.2 Å². The van der Waals surface area contributed by atoms with E-state index in [1.807, 2.05) is 18.2 Å². The molecule has 1 heterocycles. The van der Waals surface area contributed by atoms with Gasteiger partial charge in [0.05, 0.1) is 0 Å². The molecule has 1 aromatic rings. The molecule has 1 amide bonds. The molecule has 2 atom stereocenters. The number of carbonyl (C=O) groups excluding carboxylic acids is 1. The minimum atomic E-state index is -1.03. The lowest BCUT2D eigenvalue weighted by molar-refractivity contribution is -0.138. The Balaban J connectivity index is 2.12. The summed E-state index contributed by atoms with van der Waals surface area (Å²) in [6, 6.07) is 7.05. The third kappa shape index (κ3) is 4.07. The Bertz CT molecular complexity index is 544. The summed E-state index contributed by atoms with van der Waals surface area (Å²) in [5.74, 6) is -1.36. The maximum atomic E-state index is 12.3. The van der Waals surface area contributed by atoms with Crippen LogP contribution in [0.5, 0.6) is 0 Å². The predicted molar refractivity (Wildman–Crippen MR) is 84.7 cm³/mol. The fraction of sp³-hybridized carbons (Fsp3) is 0.529. The highest BCUT2D eigenvalue weighted by Crippen LogP contribution is 2.20. The van der Waals surface area contributed by atoms with E-state index in [4.69, 9.17) is 5.11 Å². The molecule has 2 unspecified atom stereocenters. The van der Waals surface area contributed by atoms with Crippen molar-refractivity contribution in [1.29, 1.82) is 0 Å². The maximum Gasteiger partial charge on any atom is 0.325 e. The lowest BCUT2D eigenvalue weighted by Crippen LogP contribution is -2.40. The van der Waals surface area contributed by atoms with Gasteiger partial charge >= 0.3 is 5.97 Å². The maximum absolute atomic E-state index is 12.3. The van der Waals surface area contributed by atoms with Crippen LogP contribution in [0.25, 0.3) is 0 Å². The molecular formula is C17H24N2O3. The molecule has 5 heteroatoms. The molecule has 0 spiro atoms. The van der Waals surface area contributed by atoms with Gasteiger partial charge in [0.25, 0.3) is 5.91 Å². The van der Waals surface area contributed by atoms with Gasteiger partial charge in [0.2, 0.25) is 0 Å². The van der Waals surface area contributed by atoms with Gasteiger partial charge in [0.15, 0.2) is 0 Å². The third-order valence-electron chi connectivity index (χ3n) is 4.29. The fourth-order valence-electron chi connectivity index (χ4n) is 2.83. The fourth-order valence-corrected chi connectivity index (χ4v) is 2.83. The minimum Gasteiger partial charge on any atom is -0.480 e. The summed E-state index contributed by atoms with van der Waals surface area (Å²) in [4.78, 5) is 25.6.